The van der Waals surface area contributed by atoms with Crippen molar-refractivity contribution < 1.29 is 5.11 Å². The van der Waals surface area contributed by atoms with E-state index in [1.807, 2.05) is 5.57 Å². The molecule has 30 heavy (non-hydrogen) atoms. The standard InChI is InChI=1S/C29H48O/c1-7-21(19(2)3)9-8-20(4)25-12-13-26-24-11-10-22-18-23(30)14-16-28(22,5)27(24)15-17-29(25,26)6/h10,19,21,23-24,26-27,30H,7-9,11-18H2,1-6H3/t21-,23?,24+,26+,27+,28+,29-/m1/s1. The largest absolute Gasteiger partial charge is 0.393 e. The van der Waals surface area contributed by atoms with E-state index in [1.54, 1.807) is 11.1 Å². The van der Waals surface area contributed by atoms with Gasteiger partial charge in [0.05, 0.1) is 6.10 Å². The minimum atomic E-state index is -0.0869. The molecule has 0 radical (unpaired) electrons. The molecule has 0 saturated heterocycles. The highest BCUT2D eigenvalue weighted by molar-refractivity contribution is 5.31. The van der Waals surface area contributed by atoms with Crippen LogP contribution in [0.3, 0.4) is 0 Å². The molecule has 0 aromatic carbocycles. The molecule has 170 valence electrons. The molecular weight excluding hydrogens is 364 g/mol. The summed E-state index contributed by atoms with van der Waals surface area (Å²) in [7, 11) is 0. The van der Waals surface area contributed by atoms with Crippen LogP contribution in [0.2, 0.25) is 0 Å². The van der Waals surface area contributed by atoms with E-state index in [1.165, 1.54) is 57.8 Å². The van der Waals surface area contributed by atoms with Gasteiger partial charge in [0.25, 0.3) is 0 Å². The molecule has 0 bridgehead atoms. The highest BCUT2D eigenvalue weighted by Gasteiger charge is 2.57. The van der Waals surface area contributed by atoms with Crippen LogP contribution in [0, 0.1) is 40.4 Å². The Morgan fingerprint density at radius 1 is 1.10 bits per heavy atom. The van der Waals surface area contributed by atoms with Crippen LogP contribution in [0.15, 0.2) is 22.8 Å². The van der Waals surface area contributed by atoms with Crippen molar-refractivity contribution in [3.05, 3.63) is 22.8 Å². The van der Waals surface area contributed by atoms with Gasteiger partial charge in [-0.15, -0.1) is 0 Å². The monoisotopic (exact) mass is 412 g/mol. The summed E-state index contributed by atoms with van der Waals surface area (Å²) in [5.41, 5.74) is 6.05. The zero-order valence-corrected chi connectivity index (χ0v) is 20.8. The Bertz CT molecular complexity index is 699. The molecule has 7 atom stereocenters. The smallest absolute Gasteiger partial charge is 0.0577 e. The zero-order chi connectivity index (χ0) is 21.7. The van der Waals surface area contributed by atoms with E-state index in [0.29, 0.717) is 10.8 Å². The molecule has 0 amide bonds. The van der Waals surface area contributed by atoms with Gasteiger partial charge in [0.1, 0.15) is 0 Å². The van der Waals surface area contributed by atoms with Gasteiger partial charge in [0, 0.05) is 0 Å². The average Bonchev–Trinajstić information content (AvgIpc) is 3.06. The number of hydrogen-bond donors (Lipinski definition) is 1. The first-order valence-electron chi connectivity index (χ1n) is 13.3. The van der Waals surface area contributed by atoms with Crippen LogP contribution in [-0.2, 0) is 0 Å². The molecule has 3 saturated carbocycles. The second-order valence-corrected chi connectivity index (χ2v) is 12.4. The fourth-order valence-electron chi connectivity index (χ4n) is 8.72. The van der Waals surface area contributed by atoms with Crippen molar-refractivity contribution in [2.45, 2.75) is 118 Å². The van der Waals surface area contributed by atoms with Crippen LogP contribution >= 0.6 is 0 Å². The van der Waals surface area contributed by atoms with E-state index in [-0.39, 0.29) is 6.10 Å². The van der Waals surface area contributed by atoms with Crippen LogP contribution < -0.4 is 0 Å². The van der Waals surface area contributed by atoms with Gasteiger partial charge in [-0.25, -0.2) is 0 Å². The van der Waals surface area contributed by atoms with Gasteiger partial charge < -0.3 is 5.11 Å². The Hall–Kier alpha value is -0.560. The summed E-state index contributed by atoms with van der Waals surface area (Å²) in [6.07, 6.45) is 16.6. The maximum absolute atomic E-state index is 10.2. The van der Waals surface area contributed by atoms with Crippen LogP contribution in [-0.4, -0.2) is 11.2 Å². The van der Waals surface area contributed by atoms with Gasteiger partial charge in [0.2, 0.25) is 0 Å². The lowest BCUT2D eigenvalue weighted by Gasteiger charge is -2.57. The minimum Gasteiger partial charge on any atom is -0.393 e. The fourth-order valence-corrected chi connectivity index (χ4v) is 8.72. The van der Waals surface area contributed by atoms with Crippen molar-refractivity contribution >= 4 is 0 Å². The lowest BCUT2D eigenvalue weighted by molar-refractivity contribution is -0.0270. The molecule has 4 aliphatic carbocycles. The lowest BCUT2D eigenvalue weighted by Crippen LogP contribution is -2.49. The summed E-state index contributed by atoms with van der Waals surface area (Å²) >= 11 is 0. The highest BCUT2D eigenvalue weighted by atomic mass is 16.3. The van der Waals surface area contributed by atoms with Gasteiger partial charge in [-0.1, -0.05) is 63.8 Å². The Balaban J connectivity index is 1.54. The summed E-state index contributed by atoms with van der Waals surface area (Å²) in [6.45, 7) is 14.9. The Morgan fingerprint density at radius 3 is 2.50 bits per heavy atom. The van der Waals surface area contributed by atoms with Gasteiger partial charge in [-0.3, -0.25) is 0 Å². The molecular formula is C29H48O. The van der Waals surface area contributed by atoms with Gasteiger partial charge in [0.15, 0.2) is 0 Å². The maximum Gasteiger partial charge on any atom is 0.0577 e. The first-order chi connectivity index (χ1) is 14.2. The molecule has 0 heterocycles. The summed E-state index contributed by atoms with van der Waals surface area (Å²) in [5, 5.41) is 10.2. The summed E-state index contributed by atoms with van der Waals surface area (Å²) in [5.74, 6) is 4.30. The molecule has 1 unspecified atom stereocenters. The number of aliphatic hydroxyl groups excluding tert-OH is 1. The highest BCUT2D eigenvalue weighted by Crippen LogP contribution is 2.66. The summed E-state index contributed by atoms with van der Waals surface area (Å²) < 4.78 is 0. The van der Waals surface area contributed by atoms with E-state index >= 15 is 0 Å². The first kappa shape index (κ1) is 22.6. The van der Waals surface area contributed by atoms with Gasteiger partial charge in [-0.2, -0.15) is 0 Å². The molecule has 4 aliphatic rings. The van der Waals surface area contributed by atoms with E-state index in [0.717, 1.165) is 42.4 Å². The predicted octanol–water partition coefficient (Wildman–Crippen LogP) is 8.09. The SMILES string of the molecule is CC[C@H](CCC(C)=C1CC[C@H]2[C@@H]3CC=C4CC(O)CC[C@]4(C)[C@H]3CC[C@]12C)C(C)C. The molecule has 0 aliphatic heterocycles. The summed E-state index contributed by atoms with van der Waals surface area (Å²) in [4.78, 5) is 0. The maximum atomic E-state index is 10.2. The van der Waals surface area contributed by atoms with E-state index in [2.05, 4.69) is 47.6 Å². The van der Waals surface area contributed by atoms with E-state index in [9.17, 15) is 5.11 Å². The minimum absolute atomic E-state index is 0.0869. The van der Waals surface area contributed by atoms with Crippen LogP contribution in [0.1, 0.15) is 112 Å². The number of hydrogen-bond acceptors (Lipinski definition) is 1. The predicted molar refractivity (Wildman–Crippen MR) is 128 cm³/mol. The molecule has 0 spiro atoms. The Kier molecular flexibility index (Phi) is 6.35. The van der Waals surface area contributed by atoms with Crippen molar-refractivity contribution in [2.75, 3.05) is 0 Å². The number of rotatable bonds is 5. The zero-order valence-electron chi connectivity index (χ0n) is 20.8. The molecule has 1 heteroatoms. The van der Waals surface area contributed by atoms with Crippen molar-refractivity contribution in [3.8, 4) is 0 Å². The third-order valence-corrected chi connectivity index (χ3v) is 10.7. The number of fused-ring (bicyclic) bond motifs is 5. The van der Waals surface area contributed by atoms with Crippen LogP contribution in [0.5, 0.6) is 0 Å². The Labute approximate surface area is 186 Å². The van der Waals surface area contributed by atoms with Gasteiger partial charge >= 0.3 is 0 Å². The first-order valence-corrected chi connectivity index (χ1v) is 13.3. The van der Waals surface area contributed by atoms with E-state index < -0.39 is 0 Å². The number of aliphatic hydroxyl groups is 1. The third-order valence-electron chi connectivity index (χ3n) is 10.7. The third kappa shape index (κ3) is 3.66. The molecule has 1 N–H and O–H groups in total. The number of allylic oxidation sites excluding steroid dienone is 3. The van der Waals surface area contributed by atoms with Gasteiger partial charge in [-0.05, 0) is 112 Å². The van der Waals surface area contributed by atoms with Crippen LogP contribution in [0.4, 0.5) is 0 Å². The second-order valence-electron chi connectivity index (χ2n) is 12.4. The van der Waals surface area contributed by atoms with Crippen molar-refractivity contribution in [1.82, 2.24) is 0 Å². The lowest BCUT2D eigenvalue weighted by atomic mass is 9.47. The molecule has 4 rings (SSSR count). The topological polar surface area (TPSA) is 20.2 Å². The van der Waals surface area contributed by atoms with Crippen LogP contribution in [0.25, 0.3) is 0 Å². The van der Waals surface area contributed by atoms with Crippen molar-refractivity contribution in [1.29, 1.82) is 0 Å². The quantitative estimate of drug-likeness (QED) is 0.452. The fraction of sp³-hybridized carbons (Fsp3) is 0.862. The van der Waals surface area contributed by atoms with Crippen molar-refractivity contribution in [3.63, 3.8) is 0 Å². The molecule has 3 fully saturated rings. The van der Waals surface area contributed by atoms with Crippen molar-refractivity contribution in [2.24, 2.45) is 40.4 Å². The normalized spacial score (nSPS) is 43.5. The molecule has 1 nitrogen and oxygen atoms in total. The Morgan fingerprint density at radius 2 is 1.80 bits per heavy atom. The molecule has 0 aromatic heterocycles. The van der Waals surface area contributed by atoms with E-state index in [4.69, 9.17) is 0 Å². The summed E-state index contributed by atoms with van der Waals surface area (Å²) in [6, 6.07) is 0. The second kappa shape index (κ2) is 8.42. The molecule has 0 aromatic rings. The average molecular weight is 413 g/mol.